The van der Waals surface area contributed by atoms with Crippen molar-refractivity contribution in [2.24, 2.45) is 0 Å². The SMILES string of the molecule is COC(=O)c1cc(C(C)C)n(-c2ccc(Br)cc2C)n1. The lowest BCUT2D eigenvalue weighted by Crippen LogP contribution is -2.07. The number of ether oxygens (including phenoxy) is 1. The van der Waals surface area contributed by atoms with Gasteiger partial charge in [-0.1, -0.05) is 29.8 Å². The highest BCUT2D eigenvalue weighted by molar-refractivity contribution is 9.10. The number of aromatic nitrogens is 2. The number of aryl methyl sites for hydroxylation is 1. The lowest BCUT2D eigenvalue weighted by molar-refractivity contribution is 0.0593. The topological polar surface area (TPSA) is 44.1 Å². The van der Waals surface area contributed by atoms with E-state index in [2.05, 4.69) is 34.9 Å². The van der Waals surface area contributed by atoms with Crippen molar-refractivity contribution in [1.29, 1.82) is 0 Å². The average Bonchev–Trinajstić information content (AvgIpc) is 2.82. The molecule has 0 amide bonds. The number of nitrogens with zero attached hydrogens (tertiary/aromatic N) is 2. The molecule has 0 bridgehead atoms. The Morgan fingerprint density at radius 2 is 2.05 bits per heavy atom. The van der Waals surface area contributed by atoms with Gasteiger partial charge in [0.15, 0.2) is 5.69 Å². The summed E-state index contributed by atoms with van der Waals surface area (Å²) in [5.41, 5.74) is 3.36. The number of carbonyl (C=O) groups is 1. The molecule has 1 aromatic heterocycles. The lowest BCUT2D eigenvalue weighted by atomic mass is 10.1. The first-order chi connectivity index (χ1) is 9.43. The maximum atomic E-state index is 11.7. The zero-order valence-corrected chi connectivity index (χ0v) is 13.6. The van der Waals surface area contributed by atoms with Gasteiger partial charge in [-0.3, -0.25) is 0 Å². The van der Waals surface area contributed by atoms with Crippen LogP contribution in [0.5, 0.6) is 0 Å². The first-order valence-corrected chi connectivity index (χ1v) is 7.18. The Bertz CT molecular complexity index is 647. The molecular weight excluding hydrogens is 320 g/mol. The molecular formula is C15H17BrN2O2. The third kappa shape index (κ3) is 2.77. The number of hydrogen-bond acceptors (Lipinski definition) is 3. The minimum atomic E-state index is -0.416. The van der Waals surface area contributed by atoms with Crippen LogP contribution in [0, 0.1) is 6.92 Å². The third-order valence-electron chi connectivity index (χ3n) is 3.11. The van der Waals surface area contributed by atoms with E-state index in [9.17, 15) is 4.79 Å². The number of hydrogen-bond donors (Lipinski definition) is 0. The normalized spacial score (nSPS) is 10.9. The van der Waals surface area contributed by atoms with Gasteiger partial charge in [0.1, 0.15) is 0 Å². The molecule has 2 aromatic rings. The van der Waals surface area contributed by atoms with Gasteiger partial charge in [-0.15, -0.1) is 0 Å². The highest BCUT2D eigenvalue weighted by Gasteiger charge is 2.18. The lowest BCUT2D eigenvalue weighted by Gasteiger charge is -2.12. The Balaban J connectivity index is 2.60. The predicted octanol–water partition coefficient (Wildman–Crippen LogP) is 3.85. The highest BCUT2D eigenvalue weighted by Crippen LogP contribution is 2.24. The summed E-state index contributed by atoms with van der Waals surface area (Å²) in [5.74, 6) is -0.163. The van der Waals surface area contributed by atoms with Gasteiger partial charge in [0.2, 0.25) is 0 Å². The molecule has 0 spiro atoms. The van der Waals surface area contributed by atoms with Crippen LogP contribution in [0.25, 0.3) is 5.69 Å². The van der Waals surface area contributed by atoms with Crippen molar-refractivity contribution in [1.82, 2.24) is 9.78 Å². The maximum absolute atomic E-state index is 11.7. The molecule has 0 saturated carbocycles. The number of esters is 1. The van der Waals surface area contributed by atoms with Crippen LogP contribution in [0.15, 0.2) is 28.7 Å². The molecule has 0 atom stereocenters. The minimum absolute atomic E-state index is 0.254. The van der Waals surface area contributed by atoms with Gasteiger partial charge in [0.25, 0.3) is 0 Å². The summed E-state index contributed by atoms with van der Waals surface area (Å²) < 4.78 is 7.58. The van der Waals surface area contributed by atoms with Crippen molar-refractivity contribution in [3.63, 3.8) is 0 Å². The van der Waals surface area contributed by atoms with Crippen LogP contribution in [-0.4, -0.2) is 22.9 Å². The zero-order chi connectivity index (χ0) is 14.9. The summed E-state index contributed by atoms with van der Waals surface area (Å²) in [5, 5.41) is 4.39. The molecule has 0 fully saturated rings. The van der Waals surface area contributed by atoms with Gasteiger partial charge in [-0.05, 0) is 42.7 Å². The van der Waals surface area contributed by atoms with Gasteiger partial charge < -0.3 is 4.74 Å². The van der Waals surface area contributed by atoms with Crippen molar-refractivity contribution in [3.8, 4) is 5.69 Å². The number of carbonyl (C=O) groups excluding carboxylic acids is 1. The molecule has 0 N–H and O–H groups in total. The second-order valence-electron chi connectivity index (χ2n) is 4.94. The van der Waals surface area contributed by atoms with Crippen LogP contribution in [0.4, 0.5) is 0 Å². The van der Waals surface area contributed by atoms with Crippen LogP contribution in [-0.2, 0) is 4.74 Å². The fourth-order valence-corrected chi connectivity index (χ4v) is 2.54. The number of methoxy groups -OCH3 is 1. The van der Waals surface area contributed by atoms with Gasteiger partial charge in [-0.2, -0.15) is 5.10 Å². The van der Waals surface area contributed by atoms with Crippen LogP contribution in [0.3, 0.4) is 0 Å². The smallest absolute Gasteiger partial charge is 0.358 e. The fraction of sp³-hybridized carbons (Fsp3) is 0.333. The van der Waals surface area contributed by atoms with Crippen LogP contribution in [0.2, 0.25) is 0 Å². The highest BCUT2D eigenvalue weighted by atomic mass is 79.9. The molecule has 106 valence electrons. The first-order valence-electron chi connectivity index (χ1n) is 6.39. The summed E-state index contributed by atoms with van der Waals surface area (Å²) in [6, 6.07) is 7.77. The molecule has 0 unspecified atom stereocenters. The monoisotopic (exact) mass is 336 g/mol. The van der Waals surface area contributed by atoms with Crippen molar-refractivity contribution in [3.05, 3.63) is 45.7 Å². The van der Waals surface area contributed by atoms with Gasteiger partial charge in [0, 0.05) is 10.2 Å². The fourth-order valence-electron chi connectivity index (χ4n) is 2.06. The third-order valence-corrected chi connectivity index (χ3v) is 3.60. The molecule has 1 heterocycles. The van der Waals surface area contributed by atoms with Gasteiger partial charge >= 0.3 is 5.97 Å². The Kier molecular flexibility index (Phi) is 4.28. The Labute approximate surface area is 126 Å². The van der Waals surface area contributed by atoms with E-state index in [1.165, 1.54) is 7.11 Å². The van der Waals surface area contributed by atoms with E-state index < -0.39 is 5.97 Å². The van der Waals surface area contributed by atoms with E-state index in [0.717, 1.165) is 21.4 Å². The minimum Gasteiger partial charge on any atom is -0.464 e. The quantitative estimate of drug-likeness (QED) is 0.799. The average molecular weight is 337 g/mol. The molecule has 0 aliphatic rings. The second kappa shape index (κ2) is 5.79. The number of benzene rings is 1. The van der Waals surface area contributed by atoms with E-state index in [1.54, 1.807) is 6.07 Å². The molecule has 20 heavy (non-hydrogen) atoms. The van der Waals surface area contributed by atoms with E-state index in [-0.39, 0.29) is 5.92 Å². The largest absolute Gasteiger partial charge is 0.464 e. The van der Waals surface area contributed by atoms with E-state index >= 15 is 0 Å². The molecule has 1 aromatic carbocycles. The predicted molar refractivity (Wildman–Crippen MR) is 81.4 cm³/mol. The van der Waals surface area contributed by atoms with Crippen molar-refractivity contribution in [2.45, 2.75) is 26.7 Å². The summed E-state index contributed by atoms with van der Waals surface area (Å²) >= 11 is 3.45. The first kappa shape index (κ1) is 14.8. The molecule has 2 rings (SSSR count). The molecule has 4 nitrogen and oxygen atoms in total. The molecule has 5 heteroatoms. The zero-order valence-electron chi connectivity index (χ0n) is 12.0. The molecule has 0 saturated heterocycles. The van der Waals surface area contributed by atoms with E-state index in [4.69, 9.17) is 4.74 Å². The van der Waals surface area contributed by atoms with Gasteiger partial charge in [-0.25, -0.2) is 9.48 Å². The summed E-state index contributed by atoms with van der Waals surface area (Å²) in [4.78, 5) is 11.7. The number of rotatable bonds is 3. The summed E-state index contributed by atoms with van der Waals surface area (Å²) in [7, 11) is 1.36. The number of halogens is 1. The Morgan fingerprint density at radius 3 is 2.60 bits per heavy atom. The van der Waals surface area contributed by atoms with Gasteiger partial charge in [0.05, 0.1) is 12.8 Å². The van der Waals surface area contributed by atoms with E-state index in [0.29, 0.717) is 5.69 Å². The van der Waals surface area contributed by atoms with Crippen molar-refractivity contribution >= 4 is 21.9 Å². The summed E-state index contributed by atoms with van der Waals surface area (Å²) in [6.07, 6.45) is 0. The van der Waals surface area contributed by atoms with E-state index in [1.807, 2.05) is 29.8 Å². The van der Waals surface area contributed by atoms with Crippen molar-refractivity contribution < 1.29 is 9.53 Å². The second-order valence-corrected chi connectivity index (χ2v) is 5.86. The van der Waals surface area contributed by atoms with Crippen LogP contribution in [0.1, 0.15) is 41.5 Å². The molecule has 0 aliphatic carbocycles. The molecule has 0 radical (unpaired) electrons. The Hall–Kier alpha value is -1.62. The van der Waals surface area contributed by atoms with Crippen LogP contribution >= 0.6 is 15.9 Å². The Morgan fingerprint density at radius 1 is 1.35 bits per heavy atom. The standard InChI is InChI=1S/C15H17BrN2O2/c1-9(2)14-8-12(15(19)20-4)17-18(14)13-6-5-11(16)7-10(13)3/h5-9H,1-4H3. The summed E-state index contributed by atoms with van der Waals surface area (Å²) in [6.45, 7) is 6.16. The molecule has 0 aliphatic heterocycles. The van der Waals surface area contributed by atoms with Crippen molar-refractivity contribution in [2.75, 3.05) is 7.11 Å². The maximum Gasteiger partial charge on any atom is 0.358 e. The van der Waals surface area contributed by atoms with Crippen LogP contribution < -0.4 is 0 Å².